The largest absolute Gasteiger partial charge is 0.489 e. The molecule has 33 heavy (non-hydrogen) atoms. The molecular weight excluding hydrogens is 466 g/mol. The second-order valence-corrected chi connectivity index (χ2v) is 8.53. The first-order valence-corrected chi connectivity index (χ1v) is 11.0. The first-order chi connectivity index (χ1) is 15.7. The summed E-state index contributed by atoms with van der Waals surface area (Å²) in [5, 5.41) is 3.26. The number of nitrogen functional groups attached to an aromatic ring is 1. The van der Waals surface area contributed by atoms with E-state index in [0.717, 1.165) is 16.7 Å². The minimum absolute atomic E-state index is 0.0135. The zero-order valence-electron chi connectivity index (χ0n) is 18.4. The normalized spacial score (nSPS) is 11.0. The molecule has 0 aliphatic rings. The van der Waals surface area contributed by atoms with E-state index in [1.54, 1.807) is 12.3 Å². The number of amides is 1. The van der Waals surface area contributed by atoms with Gasteiger partial charge in [-0.05, 0) is 55.1 Å². The summed E-state index contributed by atoms with van der Waals surface area (Å²) >= 11 is 12.2. The number of hydrogen-bond acceptors (Lipinski definition) is 5. The molecule has 0 saturated carbocycles. The molecule has 0 aliphatic carbocycles. The lowest BCUT2D eigenvalue weighted by molar-refractivity contribution is -0.121. The summed E-state index contributed by atoms with van der Waals surface area (Å²) in [5.74, 6) is 0.0638. The van der Waals surface area contributed by atoms with Gasteiger partial charge in [0.2, 0.25) is 5.91 Å². The summed E-state index contributed by atoms with van der Waals surface area (Å²) in [6.45, 7) is 0.936. The molecule has 3 aromatic rings. The highest BCUT2D eigenvalue weighted by atomic mass is 35.5. The Kier molecular flexibility index (Phi) is 8.49. The quantitative estimate of drug-likeness (QED) is 0.429. The summed E-state index contributed by atoms with van der Waals surface area (Å²) in [6, 6.07) is 12.2. The lowest BCUT2D eigenvalue weighted by Gasteiger charge is -2.13. The van der Waals surface area contributed by atoms with Gasteiger partial charge < -0.3 is 20.7 Å². The Labute approximate surface area is 202 Å². The molecule has 0 radical (unpaired) electrons. The van der Waals surface area contributed by atoms with Crippen molar-refractivity contribution in [2.75, 3.05) is 33.0 Å². The molecule has 1 aromatic heterocycles. The van der Waals surface area contributed by atoms with Crippen LogP contribution in [0, 0.1) is 5.82 Å². The van der Waals surface area contributed by atoms with Gasteiger partial charge in [-0.15, -0.1) is 0 Å². The van der Waals surface area contributed by atoms with Crippen LogP contribution < -0.4 is 15.8 Å². The third kappa shape index (κ3) is 6.81. The Hall–Kier alpha value is -2.87. The molecule has 174 valence electrons. The lowest BCUT2D eigenvalue weighted by Crippen LogP contribution is -2.32. The molecule has 3 N–H and O–H groups in total. The fourth-order valence-corrected chi connectivity index (χ4v) is 3.75. The number of nitrogens with one attached hydrogen (secondary N) is 1. The van der Waals surface area contributed by atoms with Crippen molar-refractivity contribution in [3.63, 3.8) is 0 Å². The van der Waals surface area contributed by atoms with Crippen LogP contribution in [0.1, 0.15) is 11.1 Å². The molecule has 9 heteroatoms. The maximum absolute atomic E-state index is 13.7. The van der Waals surface area contributed by atoms with E-state index in [-0.39, 0.29) is 23.4 Å². The summed E-state index contributed by atoms with van der Waals surface area (Å²) in [5.41, 5.74) is 9.13. The van der Waals surface area contributed by atoms with Gasteiger partial charge in [0.1, 0.15) is 5.82 Å². The average molecular weight is 491 g/mol. The zero-order chi connectivity index (χ0) is 24.0. The maximum Gasteiger partial charge on any atom is 0.234 e. The number of rotatable bonds is 9. The van der Waals surface area contributed by atoms with Gasteiger partial charge in [-0.2, -0.15) is 0 Å². The molecule has 0 fully saturated rings. The molecule has 1 amide bonds. The van der Waals surface area contributed by atoms with Crippen molar-refractivity contribution in [1.82, 2.24) is 15.2 Å². The average Bonchev–Trinajstić information content (AvgIpc) is 2.78. The van der Waals surface area contributed by atoms with Crippen LogP contribution in [0.3, 0.4) is 0 Å². The second kappa shape index (κ2) is 11.3. The molecule has 0 atom stereocenters. The van der Waals surface area contributed by atoms with Crippen LogP contribution in [0.2, 0.25) is 10.0 Å². The van der Waals surface area contributed by atoms with Gasteiger partial charge in [-0.1, -0.05) is 41.4 Å². The maximum atomic E-state index is 13.7. The third-order valence-electron chi connectivity index (χ3n) is 4.84. The lowest BCUT2D eigenvalue weighted by atomic mass is 10.0. The monoisotopic (exact) mass is 490 g/mol. The zero-order valence-corrected chi connectivity index (χ0v) is 19.9. The Bertz CT molecular complexity index is 1140. The molecular formula is C24H25Cl2FN4O2. The number of aromatic nitrogens is 1. The molecule has 1 heterocycles. The van der Waals surface area contributed by atoms with Crippen LogP contribution in [0.4, 0.5) is 10.2 Å². The number of nitrogens with two attached hydrogens (primary N) is 1. The summed E-state index contributed by atoms with van der Waals surface area (Å²) in [7, 11) is 3.69. The fourth-order valence-electron chi connectivity index (χ4n) is 3.19. The van der Waals surface area contributed by atoms with Crippen LogP contribution in [0.5, 0.6) is 5.75 Å². The van der Waals surface area contributed by atoms with E-state index < -0.39 is 5.82 Å². The number of nitrogens with zero attached hydrogens (tertiary/aromatic N) is 2. The topological polar surface area (TPSA) is 80.5 Å². The van der Waals surface area contributed by atoms with Crippen molar-refractivity contribution in [2.45, 2.75) is 13.0 Å². The fraction of sp³-hybridized carbons (Fsp3) is 0.250. The van der Waals surface area contributed by atoms with Gasteiger partial charge in [0.15, 0.2) is 11.6 Å². The molecule has 0 spiro atoms. The van der Waals surface area contributed by atoms with E-state index in [1.165, 1.54) is 12.1 Å². The molecule has 0 bridgehead atoms. The number of ether oxygens (including phenoxy) is 1. The summed E-state index contributed by atoms with van der Waals surface area (Å²) in [4.78, 5) is 17.9. The molecule has 3 rings (SSSR count). The van der Waals surface area contributed by atoms with Crippen LogP contribution in [0.15, 0.2) is 48.7 Å². The number of carbonyl (C=O) groups is 1. The van der Waals surface area contributed by atoms with Gasteiger partial charge in [-0.25, -0.2) is 9.37 Å². The number of likely N-dealkylation sites (N-methyl/N-ethyl adjacent to an activating group) is 1. The Morgan fingerprint density at radius 2 is 1.97 bits per heavy atom. The number of benzene rings is 2. The first-order valence-electron chi connectivity index (χ1n) is 10.3. The van der Waals surface area contributed by atoms with Gasteiger partial charge in [-0.3, -0.25) is 4.79 Å². The van der Waals surface area contributed by atoms with Gasteiger partial charge in [0.25, 0.3) is 0 Å². The SMILES string of the molecule is CN(C)CC(=O)NCc1cccc(-c2cnc(N)c(OCCc3c(Cl)ccc(F)c3Cl)c2)c1. The molecule has 2 aromatic carbocycles. The van der Waals surface area contributed by atoms with E-state index in [2.05, 4.69) is 10.3 Å². The van der Waals surface area contributed by atoms with Crippen LogP contribution in [-0.2, 0) is 17.8 Å². The third-order valence-corrected chi connectivity index (χ3v) is 5.60. The van der Waals surface area contributed by atoms with Crippen molar-refractivity contribution < 1.29 is 13.9 Å². The van der Waals surface area contributed by atoms with E-state index in [1.807, 2.05) is 43.3 Å². The van der Waals surface area contributed by atoms with E-state index >= 15 is 0 Å². The standard InChI is InChI=1S/C24H25Cl2FN4O2/c1-31(2)14-22(32)29-12-15-4-3-5-16(10-15)17-11-21(24(28)30-13-17)33-9-8-18-19(25)6-7-20(27)23(18)26/h3-7,10-11,13H,8-9,12,14H2,1-2H3,(H2,28,30)(H,29,32). The Morgan fingerprint density at radius 1 is 1.18 bits per heavy atom. The van der Waals surface area contributed by atoms with Crippen molar-refractivity contribution >= 4 is 34.9 Å². The van der Waals surface area contributed by atoms with Crippen molar-refractivity contribution in [3.8, 4) is 16.9 Å². The number of anilines is 1. The van der Waals surface area contributed by atoms with Crippen molar-refractivity contribution in [2.24, 2.45) is 0 Å². The van der Waals surface area contributed by atoms with Crippen LogP contribution in [-0.4, -0.2) is 43.0 Å². The second-order valence-electron chi connectivity index (χ2n) is 7.74. The highest BCUT2D eigenvalue weighted by Gasteiger charge is 2.12. The van der Waals surface area contributed by atoms with Crippen LogP contribution in [0.25, 0.3) is 11.1 Å². The van der Waals surface area contributed by atoms with Gasteiger partial charge >= 0.3 is 0 Å². The van der Waals surface area contributed by atoms with Crippen LogP contribution >= 0.6 is 23.2 Å². The number of carbonyl (C=O) groups excluding carboxylic acids is 1. The first kappa shape index (κ1) is 24.8. The Balaban J connectivity index is 1.69. The number of pyridine rings is 1. The minimum atomic E-state index is -0.531. The molecule has 0 aliphatic heterocycles. The smallest absolute Gasteiger partial charge is 0.234 e. The van der Waals surface area contributed by atoms with E-state index in [0.29, 0.717) is 35.8 Å². The summed E-state index contributed by atoms with van der Waals surface area (Å²) in [6.07, 6.45) is 1.97. The molecule has 0 unspecified atom stereocenters. The molecule has 0 saturated heterocycles. The predicted molar refractivity (Wildman–Crippen MR) is 130 cm³/mol. The van der Waals surface area contributed by atoms with Gasteiger partial charge in [0, 0.05) is 29.7 Å². The van der Waals surface area contributed by atoms with E-state index in [4.69, 9.17) is 33.7 Å². The number of hydrogen-bond donors (Lipinski definition) is 2. The number of halogens is 3. The van der Waals surface area contributed by atoms with Crippen molar-refractivity contribution in [3.05, 3.63) is 75.7 Å². The molecule has 6 nitrogen and oxygen atoms in total. The minimum Gasteiger partial charge on any atom is -0.489 e. The summed E-state index contributed by atoms with van der Waals surface area (Å²) < 4.78 is 19.5. The highest BCUT2D eigenvalue weighted by Crippen LogP contribution is 2.30. The van der Waals surface area contributed by atoms with E-state index in [9.17, 15) is 9.18 Å². The van der Waals surface area contributed by atoms with Gasteiger partial charge in [0.05, 0.1) is 18.2 Å². The Morgan fingerprint density at radius 3 is 2.73 bits per heavy atom. The predicted octanol–water partition coefficient (Wildman–Crippen LogP) is 4.58. The highest BCUT2D eigenvalue weighted by molar-refractivity contribution is 6.36. The van der Waals surface area contributed by atoms with Crippen molar-refractivity contribution in [1.29, 1.82) is 0 Å².